The third-order valence-electron chi connectivity index (χ3n) is 3.63. The highest BCUT2D eigenvalue weighted by atomic mass is 16.5. The minimum absolute atomic E-state index is 0.363. The summed E-state index contributed by atoms with van der Waals surface area (Å²) in [6.07, 6.45) is 5.06. The fourth-order valence-electron chi connectivity index (χ4n) is 2.48. The second kappa shape index (κ2) is 7.95. The van der Waals surface area contributed by atoms with Crippen LogP contribution < -0.4 is 5.73 Å². The molecule has 5 nitrogen and oxygen atoms in total. The molecule has 1 aromatic heterocycles. The third kappa shape index (κ3) is 4.27. The van der Waals surface area contributed by atoms with Crippen molar-refractivity contribution < 1.29 is 4.74 Å². The van der Waals surface area contributed by atoms with Crippen LogP contribution in [0.4, 0.5) is 0 Å². The molecule has 2 heterocycles. The van der Waals surface area contributed by atoms with Crippen molar-refractivity contribution in [1.29, 1.82) is 5.26 Å². The van der Waals surface area contributed by atoms with E-state index in [1.807, 2.05) is 12.1 Å². The van der Waals surface area contributed by atoms with Gasteiger partial charge in [-0.3, -0.25) is 4.90 Å². The molecule has 0 aliphatic carbocycles. The molecule has 108 valence electrons. The first kappa shape index (κ1) is 14.9. The van der Waals surface area contributed by atoms with Crippen molar-refractivity contribution in [2.75, 3.05) is 26.2 Å². The Morgan fingerprint density at radius 1 is 1.45 bits per heavy atom. The Hall–Kier alpha value is -1.48. The van der Waals surface area contributed by atoms with Crippen molar-refractivity contribution in [1.82, 2.24) is 9.88 Å². The van der Waals surface area contributed by atoms with Gasteiger partial charge >= 0.3 is 0 Å². The van der Waals surface area contributed by atoms with Gasteiger partial charge in [0, 0.05) is 38.0 Å². The predicted octanol–water partition coefficient (Wildman–Crippen LogP) is 1.28. The predicted molar refractivity (Wildman–Crippen MR) is 76.9 cm³/mol. The molecule has 2 N–H and O–H groups in total. The number of hydrogen-bond acceptors (Lipinski definition) is 5. The van der Waals surface area contributed by atoms with Gasteiger partial charge in [0.2, 0.25) is 0 Å². The molecular weight excluding hydrogens is 252 g/mol. The van der Waals surface area contributed by atoms with Gasteiger partial charge < -0.3 is 10.5 Å². The molecule has 1 aliphatic heterocycles. The minimum Gasteiger partial charge on any atom is -0.378 e. The minimum atomic E-state index is 0.363. The second-order valence-corrected chi connectivity index (χ2v) is 5.11. The first-order chi connectivity index (χ1) is 9.83. The number of nitriles is 1. The Kier molecular flexibility index (Phi) is 5.93. The number of nitrogens with zero attached hydrogens (tertiary/aromatic N) is 3. The summed E-state index contributed by atoms with van der Waals surface area (Å²) in [5.74, 6) is 0. The first-order valence-electron chi connectivity index (χ1n) is 7.21. The van der Waals surface area contributed by atoms with Gasteiger partial charge in [-0.15, -0.1) is 0 Å². The lowest BCUT2D eigenvalue weighted by Gasteiger charge is -2.32. The van der Waals surface area contributed by atoms with E-state index in [0.717, 1.165) is 51.1 Å². The molecule has 5 heteroatoms. The summed E-state index contributed by atoms with van der Waals surface area (Å²) < 4.78 is 5.80. The summed E-state index contributed by atoms with van der Waals surface area (Å²) in [6.45, 7) is 4.27. The maximum atomic E-state index is 9.05. The largest absolute Gasteiger partial charge is 0.378 e. The topological polar surface area (TPSA) is 75.2 Å². The van der Waals surface area contributed by atoms with Crippen LogP contribution >= 0.6 is 0 Å². The summed E-state index contributed by atoms with van der Waals surface area (Å²) in [4.78, 5) is 6.46. The molecular formula is C15H22N4O. The van der Waals surface area contributed by atoms with Crippen LogP contribution in [0.25, 0.3) is 0 Å². The monoisotopic (exact) mass is 274 g/mol. The van der Waals surface area contributed by atoms with Gasteiger partial charge in [-0.2, -0.15) is 5.26 Å². The van der Waals surface area contributed by atoms with E-state index >= 15 is 0 Å². The zero-order chi connectivity index (χ0) is 14.2. The number of nitrogens with two attached hydrogens (primary N) is 1. The summed E-state index contributed by atoms with van der Waals surface area (Å²) in [5.41, 5.74) is 7.01. The summed E-state index contributed by atoms with van der Waals surface area (Å²) in [7, 11) is 0. The molecule has 0 spiro atoms. The second-order valence-electron chi connectivity index (χ2n) is 5.11. The third-order valence-corrected chi connectivity index (χ3v) is 3.63. The van der Waals surface area contributed by atoms with E-state index in [0.29, 0.717) is 18.3 Å². The molecule has 1 saturated heterocycles. The van der Waals surface area contributed by atoms with Crippen LogP contribution in [-0.4, -0.2) is 42.2 Å². The molecule has 0 amide bonds. The van der Waals surface area contributed by atoms with E-state index in [4.69, 9.17) is 15.7 Å². The van der Waals surface area contributed by atoms with E-state index in [2.05, 4.69) is 16.0 Å². The smallest absolute Gasteiger partial charge is 0.144 e. The highest BCUT2D eigenvalue weighted by Gasteiger charge is 2.20. The van der Waals surface area contributed by atoms with Gasteiger partial charge in [0.15, 0.2) is 0 Å². The number of hydrogen-bond donors (Lipinski definition) is 1. The molecule has 2 rings (SSSR count). The average molecular weight is 274 g/mol. The van der Waals surface area contributed by atoms with Gasteiger partial charge in [0.1, 0.15) is 11.8 Å². The summed E-state index contributed by atoms with van der Waals surface area (Å²) in [5, 5.41) is 9.05. The summed E-state index contributed by atoms with van der Waals surface area (Å²) in [6, 6.07) is 6.02. The Morgan fingerprint density at radius 2 is 2.25 bits per heavy atom. The van der Waals surface area contributed by atoms with Crippen molar-refractivity contribution in [2.24, 2.45) is 5.73 Å². The molecule has 0 radical (unpaired) electrons. The Labute approximate surface area is 120 Å². The Bertz CT molecular complexity index is 449. The maximum Gasteiger partial charge on any atom is 0.144 e. The van der Waals surface area contributed by atoms with E-state index in [1.54, 1.807) is 6.20 Å². The zero-order valence-corrected chi connectivity index (χ0v) is 11.8. The Morgan fingerprint density at radius 3 is 2.95 bits per heavy atom. The van der Waals surface area contributed by atoms with Crippen LogP contribution in [0, 0.1) is 11.3 Å². The molecule has 0 saturated carbocycles. The average Bonchev–Trinajstić information content (AvgIpc) is 2.50. The van der Waals surface area contributed by atoms with E-state index in [1.165, 1.54) is 0 Å². The van der Waals surface area contributed by atoms with Gasteiger partial charge in [0.05, 0.1) is 6.10 Å². The first-order valence-corrected chi connectivity index (χ1v) is 7.21. The highest BCUT2D eigenvalue weighted by molar-refractivity contribution is 5.30. The quantitative estimate of drug-likeness (QED) is 0.791. The SMILES string of the molecule is N#Cc1ncccc1CN1CCC(OCCCN)CC1. The molecule has 1 aromatic rings. The molecule has 1 aliphatic rings. The zero-order valence-electron chi connectivity index (χ0n) is 11.8. The van der Waals surface area contributed by atoms with Crippen LogP contribution in [-0.2, 0) is 11.3 Å². The molecule has 0 unspecified atom stereocenters. The van der Waals surface area contributed by atoms with Crippen molar-refractivity contribution in [3.63, 3.8) is 0 Å². The highest BCUT2D eigenvalue weighted by Crippen LogP contribution is 2.17. The van der Waals surface area contributed by atoms with E-state index in [9.17, 15) is 0 Å². The lowest BCUT2D eigenvalue weighted by Crippen LogP contribution is -2.37. The van der Waals surface area contributed by atoms with Crippen LogP contribution in [0.15, 0.2) is 18.3 Å². The molecule has 0 atom stereocenters. The molecule has 20 heavy (non-hydrogen) atoms. The Balaban J connectivity index is 1.78. The lowest BCUT2D eigenvalue weighted by atomic mass is 10.1. The number of ether oxygens (including phenoxy) is 1. The normalized spacial score (nSPS) is 17.0. The number of pyridine rings is 1. The fourth-order valence-corrected chi connectivity index (χ4v) is 2.48. The maximum absolute atomic E-state index is 9.05. The number of likely N-dealkylation sites (tertiary alicyclic amines) is 1. The number of rotatable bonds is 6. The van der Waals surface area contributed by atoms with Crippen LogP contribution in [0.5, 0.6) is 0 Å². The van der Waals surface area contributed by atoms with E-state index < -0.39 is 0 Å². The van der Waals surface area contributed by atoms with Crippen molar-refractivity contribution in [2.45, 2.75) is 31.9 Å². The standard InChI is InChI=1S/C15H22N4O/c16-6-2-10-20-14-4-8-19(9-5-14)12-13-3-1-7-18-15(13)11-17/h1,3,7,14H,2,4-6,8-10,12,16H2. The number of aromatic nitrogens is 1. The van der Waals surface area contributed by atoms with Gasteiger partial charge in [-0.25, -0.2) is 4.98 Å². The molecule has 0 bridgehead atoms. The van der Waals surface area contributed by atoms with Crippen LogP contribution in [0.3, 0.4) is 0 Å². The lowest BCUT2D eigenvalue weighted by molar-refractivity contribution is 0.00560. The fraction of sp³-hybridized carbons (Fsp3) is 0.600. The number of piperidine rings is 1. The summed E-state index contributed by atoms with van der Waals surface area (Å²) >= 11 is 0. The van der Waals surface area contributed by atoms with Crippen LogP contribution in [0.2, 0.25) is 0 Å². The van der Waals surface area contributed by atoms with Crippen molar-refractivity contribution >= 4 is 0 Å². The van der Waals surface area contributed by atoms with Gasteiger partial charge in [0.25, 0.3) is 0 Å². The molecule has 1 fully saturated rings. The van der Waals surface area contributed by atoms with Crippen LogP contribution in [0.1, 0.15) is 30.5 Å². The van der Waals surface area contributed by atoms with Gasteiger partial charge in [-0.1, -0.05) is 6.07 Å². The van der Waals surface area contributed by atoms with E-state index in [-0.39, 0.29) is 0 Å². The van der Waals surface area contributed by atoms with Gasteiger partial charge in [-0.05, 0) is 31.9 Å². The van der Waals surface area contributed by atoms with Crippen molar-refractivity contribution in [3.05, 3.63) is 29.6 Å². The van der Waals surface area contributed by atoms with Crippen molar-refractivity contribution in [3.8, 4) is 6.07 Å². The molecule has 0 aromatic carbocycles.